The van der Waals surface area contributed by atoms with E-state index in [4.69, 9.17) is 16.3 Å². The third-order valence-electron chi connectivity index (χ3n) is 3.55. The Bertz CT molecular complexity index is 865. The number of amides is 2. The van der Waals surface area contributed by atoms with Crippen molar-refractivity contribution in [3.63, 3.8) is 0 Å². The van der Waals surface area contributed by atoms with Gasteiger partial charge in [0.2, 0.25) is 0 Å². The summed E-state index contributed by atoms with van der Waals surface area (Å²) in [4.78, 5) is 24.9. The molecule has 0 radical (unpaired) electrons. The molecule has 1 saturated heterocycles. The van der Waals surface area contributed by atoms with E-state index in [1.165, 1.54) is 11.1 Å². The van der Waals surface area contributed by atoms with Crippen molar-refractivity contribution in [3.8, 4) is 5.75 Å². The Morgan fingerprint density at radius 1 is 1.20 bits per heavy atom. The molecular formula is C18H14BrClN2O3. The van der Waals surface area contributed by atoms with Crippen LogP contribution in [0.1, 0.15) is 12.5 Å². The Balaban J connectivity index is 1.96. The molecule has 2 amide bonds. The number of carbonyl (C=O) groups is 2. The number of nitrogens with one attached hydrogen (secondary N) is 1. The van der Waals surface area contributed by atoms with Crippen LogP contribution in [0.5, 0.6) is 5.75 Å². The number of benzene rings is 2. The van der Waals surface area contributed by atoms with Crippen molar-refractivity contribution < 1.29 is 14.3 Å². The smallest absolute Gasteiger partial charge is 0.282 e. The average molecular weight is 422 g/mol. The maximum absolute atomic E-state index is 12.6. The topological polar surface area (TPSA) is 58.6 Å². The largest absolute Gasteiger partial charge is 0.493 e. The van der Waals surface area contributed by atoms with Crippen LogP contribution in [0.3, 0.4) is 0 Å². The van der Waals surface area contributed by atoms with Crippen LogP contribution in [0, 0.1) is 0 Å². The molecule has 1 heterocycles. The molecule has 0 aliphatic carbocycles. The summed E-state index contributed by atoms with van der Waals surface area (Å²) in [6.45, 7) is 2.35. The molecule has 0 bridgehead atoms. The Morgan fingerprint density at radius 2 is 1.92 bits per heavy atom. The molecule has 1 N–H and O–H groups in total. The lowest BCUT2D eigenvalue weighted by molar-refractivity contribution is -0.117. The molecule has 2 aromatic carbocycles. The van der Waals surface area contributed by atoms with Gasteiger partial charge in [0, 0.05) is 15.1 Å². The lowest BCUT2D eigenvalue weighted by atomic mass is 10.1. The number of hydrazine groups is 1. The highest BCUT2D eigenvalue weighted by atomic mass is 79.9. The van der Waals surface area contributed by atoms with Crippen LogP contribution in [-0.2, 0) is 9.59 Å². The van der Waals surface area contributed by atoms with Crippen LogP contribution in [-0.4, -0.2) is 18.4 Å². The standard InChI is InChI=1S/C18H14BrClN2O3/c1-2-25-16-8-3-12(19)9-11(16)10-15-17(23)21-22(18(15)24)14-6-4-13(20)5-7-14/h3-10H,2H2,1H3,(H,21,23). The van der Waals surface area contributed by atoms with E-state index in [2.05, 4.69) is 21.4 Å². The van der Waals surface area contributed by atoms with E-state index >= 15 is 0 Å². The molecule has 1 aliphatic heterocycles. The van der Waals surface area contributed by atoms with Gasteiger partial charge in [0.1, 0.15) is 11.3 Å². The zero-order chi connectivity index (χ0) is 18.0. The van der Waals surface area contributed by atoms with E-state index in [0.29, 0.717) is 28.6 Å². The molecule has 0 spiro atoms. The summed E-state index contributed by atoms with van der Waals surface area (Å²) >= 11 is 9.25. The van der Waals surface area contributed by atoms with Gasteiger partial charge in [-0.1, -0.05) is 27.5 Å². The van der Waals surface area contributed by atoms with Crippen molar-refractivity contribution in [3.05, 3.63) is 63.1 Å². The van der Waals surface area contributed by atoms with E-state index in [-0.39, 0.29) is 5.57 Å². The SMILES string of the molecule is CCOc1ccc(Br)cc1C=C1C(=O)NN(c2ccc(Cl)cc2)C1=O. The summed E-state index contributed by atoms with van der Waals surface area (Å²) in [6, 6.07) is 12.0. The summed E-state index contributed by atoms with van der Waals surface area (Å²) in [6.07, 6.45) is 1.53. The number of anilines is 1. The molecular weight excluding hydrogens is 408 g/mol. The Kier molecular flexibility index (Phi) is 5.11. The van der Waals surface area contributed by atoms with Crippen molar-refractivity contribution in [2.75, 3.05) is 11.6 Å². The van der Waals surface area contributed by atoms with Gasteiger partial charge in [-0.25, -0.2) is 5.01 Å². The van der Waals surface area contributed by atoms with E-state index in [1.807, 2.05) is 13.0 Å². The second-order valence-corrected chi connectivity index (χ2v) is 6.58. The number of carbonyl (C=O) groups excluding carboxylic acids is 2. The van der Waals surface area contributed by atoms with Gasteiger partial charge in [-0.2, -0.15) is 0 Å². The van der Waals surface area contributed by atoms with Crippen LogP contribution in [0.25, 0.3) is 6.08 Å². The minimum absolute atomic E-state index is 0.0361. The van der Waals surface area contributed by atoms with Gasteiger partial charge in [0.15, 0.2) is 0 Å². The Morgan fingerprint density at radius 3 is 2.60 bits per heavy atom. The van der Waals surface area contributed by atoms with Crippen molar-refractivity contribution in [1.82, 2.24) is 5.43 Å². The molecule has 0 atom stereocenters. The molecule has 0 saturated carbocycles. The maximum Gasteiger partial charge on any atom is 0.282 e. The lowest BCUT2D eigenvalue weighted by Gasteiger charge is -2.14. The van der Waals surface area contributed by atoms with Crippen molar-refractivity contribution in [2.24, 2.45) is 0 Å². The zero-order valence-corrected chi connectivity index (χ0v) is 15.6. The number of hydrogen-bond donors (Lipinski definition) is 1. The molecule has 1 fully saturated rings. The fraction of sp³-hybridized carbons (Fsp3) is 0.111. The first kappa shape index (κ1) is 17.5. The van der Waals surface area contributed by atoms with Gasteiger partial charge in [-0.05, 0) is 55.5 Å². The number of nitrogens with zero attached hydrogens (tertiary/aromatic N) is 1. The van der Waals surface area contributed by atoms with Crippen LogP contribution in [0.4, 0.5) is 5.69 Å². The van der Waals surface area contributed by atoms with Crippen molar-refractivity contribution >= 4 is 51.1 Å². The van der Waals surface area contributed by atoms with Gasteiger partial charge in [-0.3, -0.25) is 15.0 Å². The third-order valence-corrected chi connectivity index (χ3v) is 4.29. The van der Waals surface area contributed by atoms with Crippen LogP contribution < -0.4 is 15.2 Å². The third kappa shape index (κ3) is 3.70. The quantitative estimate of drug-likeness (QED) is 0.600. The predicted molar refractivity (Wildman–Crippen MR) is 100 cm³/mol. The number of rotatable bonds is 4. The number of ether oxygens (including phenoxy) is 1. The molecule has 3 rings (SSSR count). The second-order valence-electron chi connectivity index (χ2n) is 5.23. The van der Waals surface area contributed by atoms with Crippen molar-refractivity contribution in [1.29, 1.82) is 0 Å². The highest BCUT2D eigenvalue weighted by Gasteiger charge is 2.34. The van der Waals surface area contributed by atoms with Gasteiger partial charge in [0.05, 0.1) is 12.3 Å². The van der Waals surface area contributed by atoms with E-state index in [9.17, 15) is 9.59 Å². The lowest BCUT2D eigenvalue weighted by Crippen LogP contribution is -2.35. The molecule has 25 heavy (non-hydrogen) atoms. The zero-order valence-electron chi connectivity index (χ0n) is 13.3. The van der Waals surface area contributed by atoms with E-state index in [0.717, 1.165) is 4.47 Å². The van der Waals surface area contributed by atoms with Crippen molar-refractivity contribution in [2.45, 2.75) is 6.92 Å². The normalized spacial score (nSPS) is 15.6. The van der Waals surface area contributed by atoms with Crippen LogP contribution >= 0.6 is 27.5 Å². The van der Waals surface area contributed by atoms with E-state index in [1.54, 1.807) is 36.4 Å². The first-order valence-electron chi connectivity index (χ1n) is 7.54. The monoisotopic (exact) mass is 420 g/mol. The van der Waals surface area contributed by atoms with Crippen LogP contribution in [0.2, 0.25) is 5.02 Å². The summed E-state index contributed by atoms with van der Waals surface area (Å²) in [5, 5.41) is 1.75. The molecule has 7 heteroatoms. The fourth-order valence-corrected chi connectivity index (χ4v) is 2.91. The Hall–Kier alpha value is -2.31. The fourth-order valence-electron chi connectivity index (χ4n) is 2.40. The average Bonchev–Trinajstić information content (AvgIpc) is 2.86. The van der Waals surface area contributed by atoms with Gasteiger partial charge in [-0.15, -0.1) is 0 Å². The minimum Gasteiger partial charge on any atom is -0.493 e. The summed E-state index contributed by atoms with van der Waals surface area (Å²) in [5.41, 5.74) is 3.77. The van der Waals surface area contributed by atoms with Gasteiger partial charge >= 0.3 is 0 Å². The number of hydrogen-bond acceptors (Lipinski definition) is 3. The highest BCUT2D eigenvalue weighted by Crippen LogP contribution is 2.28. The number of halogens is 2. The molecule has 0 aromatic heterocycles. The molecule has 2 aromatic rings. The first-order chi connectivity index (χ1) is 12.0. The predicted octanol–water partition coefficient (Wildman–Crippen LogP) is 3.96. The summed E-state index contributed by atoms with van der Waals surface area (Å²) in [7, 11) is 0. The molecule has 0 unspecified atom stereocenters. The van der Waals surface area contributed by atoms with Gasteiger partial charge < -0.3 is 4.74 Å². The summed E-state index contributed by atoms with van der Waals surface area (Å²) in [5.74, 6) is -0.305. The molecule has 5 nitrogen and oxygen atoms in total. The van der Waals surface area contributed by atoms with Crippen LogP contribution in [0.15, 0.2) is 52.5 Å². The second kappa shape index (κ2) is 7.29. The Labute approximate surface area is 158 Å². The maximum atomic E-state index is 12.6. The minimum atomic E-state index is -0.470. The summed E-state index contributed by atoms with van der Waals surface area (Å²) < 4.78 is 6.38. The molecule has 128 valence electrons. The highest BCUT2D eigenvalue weighted by molar-refractivity contribution is 9.10. The van der Waals surface area contributed by atoms with E-state index < -0.39 is 11.8 Å². The molecule has 1 aliphatic rings. The van der Waals surface area contributed by atoms with Gasteiger partial charge in [0.25, 0.3) is 11.8 Å². The first-order valence-corrected chi connectivity index (χ1v) is 8.71.